The highest BCUT2D eigenvalue weighted by Gasteiger charge is 2.21. The fraction of sp³-hybridized carbons (Fsp3) is 0.455. The molecule has 0 amide bonds. The third-order valence-corrected chi connectivity index (χ3v) is 3.23. The van der Waals surface area contributed by atoms with Gasteiger partial charge in [-0.2, -0.15) is 5.10 Å². The van der Waals surface area contributed by atoms with Gasteiger partial charge in [-0.3, -0.25) is 4.68 Å². The van der Waals surface area contributed by atoms with Gasteiger partial charge in [0.2, 0.25) is 0 Å². The predicted octanol–water partition coefficient (Wildman–Crippen LogP) is 2.01. The molecule has 0 spiro atoms. The number of hydrogen-bond acceptors (Lipinski definition) is 3. The Labute approximate surface area is 109 Å². The van der Waals surface area contributed by atoms with Crippen LogP contribution in [-0.2, 0) is 7.05 Å². The molecule has 2 heterocycles. The second kappa shape index (κ2) is 4.62. The van der Waals surface area contributed by atoms with Crippen LogP contribution in [0.2, 0.25) is 0 Å². The molecular formula is C11H16BrN5. The second-order valence-electron chi connectivity index (χ2n) is 4.36. The average Bonchev–Trinajstić information content (AvgIpc) is 2.83. The lowest BCUT2D eigenvalue weighted by atomic mass is 10.1. The molecule has 0 radical (unpaired) electrons. The minimum Gasteiger partial charge on any atom is -0.340 e. The average molecular weight is 298 g/mol. The lowest BCUT2D eigenvalue weighted by Gasteiger charge is -2.15. The van der Waals surface area contributed by atoms with Crippen LogP contribution in [0.25, 0.3) is 0 Å². The number of hydrogen-bond donors (Lipinski definition) is 1. The van der Waals surface area contributed by atoms with Gasteiger partial charge in [0, 0.05) is 19.3 Å². The van der Waals surface area contributed by atoms with E-state index in [1.165, 1.54) is 0 Å². The summed E-state index contributed by atoms with van der Waals surface area (Å²) in [6, 6.07) is 0.00142. The molecule has 0 aromatic carbocycles. The summed E-state index contributed by atoms with van der Waals surface area (Å²) < 4.78 is 4.73. The molecule has 17 heavy (non-hydrogen) atoms. The molecule has 2 N–H and O–H groups in total. The minimum atomic E-state index is -0.268. The van der Waals surface area contributed by atoms with Crippen molar-refractivity contribution in [2.75, 3.05) is 0 Å². The van der Waals surface area contributed by atoms with Crippen LogP contribution in [0.3, 0.4) is 0 Å². The molecule has 0 aliphatic rings. The quantitative estimate of drug-likeness (QED) is 0.943. The van der Waals surface area contributed by atoms with Crippen molar-refractivity contribution in [3.63, 3.8) is 0 Å². The molecule has 0 saturated heterocycles. The van der Waals surface area contributed by atoms with Gasteiger partial charge in [0.25, 0.3) is 0 Å². The third-order valence-electron chi connectivity index (χ3n) is 2.61. The molecule has 0 fully saturated rings. The van der Waals surface area contributed by atoms with Gasteiger partial charge in [-0.25, -0.2) is 4.98 Å². The molecule has 2 aromatic rings. The lowest BCUT2D eigenvalue weighted by molar-refractivity contribution is 0.497. The highest BCUT2D eigenvalue weighted by atomic mass is 79.9. The van der Waals surface area contributed by atoms with E-state index in [9.17, 15) is 0 Å². The molecule has 5 nitrogen and oxygen atoms in total. The molecule has 1 atom stereocenters. The Morgan fingerprint density at radius 1 is 1.41 bits per heavy atom. The summed E-state index contributed by atoms with van der Waals surface area (Å²) in [5.74, 6) is 0. The Morgan fingerprint density at radius 2 is 2.12 bits per heavy atom. The zero-order valence-electron chi connectivity index (χ0n) is 10.1. The number of halogens is 1. The number of imidazole rings is 1. The summed E-state index contributed by atoms with van der Waals surface area (Å²) in [6.45, 7) is 4.15. The van der Waals surface area contributed by atoms with Crippen molar-refractivity contribution in [2.45, 2.75) is 25.9 Å². The molecule has 0 aliphatic heterocycles. The maximum Gasteiger partial charge on any atom is 0.0947 e. The first-order valence-corrected chi connectivity index (χ1v) is 6.26. The van der Waals surface area contributed by atoms with Gasteiger partial charge in [-0.1, -0.05) is 0 Å². The number of rotatable bonds is 3. The normalized spacial score (nSPS) is 13.3. The van der Waals surface area contributed by atoms with Crippen molar-refractivity contribution in [3.05, 3.63) is 34.6 Å². The van der Waals surface area contributed by atoms with E-state index in [0.717, 1.165) is 15.9 Å². The molecule has 0 saturated carbocycles. The fourth-order valence-corrected chi connectivity index (χ4v) is 2.31. The zero-order chi connectivity index (χ0) is 12.6. The van der Waals surface area contributed by atoms with E-state index in [1.54, 1.807) is 12.5 Å². The predicted molar refractivity (Wildman–Crippen MR) is 69.6 cm³/mol. The molecular weight excluding hydrogens is 282 g/mol. The maximum absolute atomic E-state index is 6.25. The van der Waals surface area contributed by atoms with Crippen LogP contribution in [0, 0.1) is 0 Å². The van der Waals surface area contributed by atoms with E-state index < -0.39 is 0 Å². The van der Waals surface area contributed by atoms with Crippen molar-refractivity contribution in [3.8, 4) is 0 Å². The van der Waals surface area contributed by atoms with Crippen LogP contribution in [-0.4, -0.2) is 19.3 Å². The first-order chi connectivity index (χ1) is 8.00. The number of nitrogens with two attached hydrogens (primary N) is 1. The van der Waals surface area contributed by atoms with Crippen molar-refractivity contribution in [1.82, 2.24) is 19.3 Å². The Balaban J connectivity index is 2.43. The Kier molecular flexibility index (Phi) is 3.35. The summed E-state index contributed by atoms with van der Waals surface area (Å²) in [5.41, 5.74) is 8.05. The summed E-state index contributed by atoms with van der Waals surface area (Å²) in [4.78, 5) is 4.29. The largest absolute Gasteiger partial charge is 0.340 e. The van der Waals surface area contributed by atoms with E-state index in [1.807, 2.05) is 22.5 Å². The van der Waals surface area contributed by atoms with Gasteiger partial charge in [0.05, 0.1) is 34.4 Å². The lowest BCUT2D eigenvalue weighted by Crippen LogP contribution is -2.19. The summed E-state index contributed by atoms with van der Waals surface area (Å²) in [5, 5.41) is 4.32. The van der Waals surface area contributed by atoms with Gasteiger partial charge in [0.1, 0.15) is 0 Å². The molecule has 6 heteroatoms. The van der Waals surface area contributed by atoms with Crippen LogP contribution >= 0.6 is 15.9 Å². The van der Waals surface area contributed by atoms with Crippen molar-refractivity contribution in [2.24, 2.45) is 12.8 Å². The minimum absolute atomic E-state index is 0.268. The van der Waals surface area contributed by atoms with Crippen LogP contribution in [0.4, 0.5) is 0 Å². The molecule has 1 unspecified atom stereocenters. The molecule has 0 bridgehead atoms. The SMILES string of the molecule is CC(C)n1ncc(Br)c1C(N)c1cn(C)cn1. The van der Waals surface area contributed by atoms with Crippen LogP contribution in [0.5, 0.6) is 0 Å². The topological polar surface area (TPSA) is 61.7 Å². The van der Waals surface area contributed by atoms with E-state index >= 15 is 0 Å². The van der Waals surface area contributed by atoms with Gasteiger partial charge in [-0.05, 0) is 29.8 Å². The number of aromatic nitrogens is 4. The van der Waals surface area contributed by atoms with E-state index in [2.05, 4.69) is 39.9 Å². The highest BCUT2D eigenvalue weighted by Crippen LogP contribution is 2.27. The molecule has 2 rings (SSSR count). The van der Waals surface area contributed by atoms with Gasteiger partial charge < -0.3 is 10.3 Å². The van der Waals surface area contributed by atoms with Crippen LogP contribution in [0.15, 0.2) is 23.2 Å². The second-order valence-corrected chi connectivity index (χ2v) is 5.21. The molecule has 2 aromatic heterocycles. The summed E-state index contributed by atoms with van der Waals surface area (Å²) >= 11 is 3.49. The Morgan fingerprint density at radius 3 is 2.65 bits per heavy atom. The number of nitrogens with zero attached hydrogens (tertiary/aromatic N) is 4. The standard InChI is InChI=1S/C11H16BrN5/c1-7(2)17-11(8(12)4-15-17)10(13)9-5-16(3)6-14-9/h4-7,10H,13H2,1-3H3. The number of aryl methyl sites for hydroxylation is 1. The first kappa shape index (κ1) is 12.3. The van der Waals surface area contributed by atoms with E-state index in [0.29, 0.717) is 0 Å². The van der Waals surface area contributed by atoms with Crippen LogP contribution in [0.1, 0.15) is 37.3 Å². The zero-order valence-corrected chi connectivity index (χ0v) is 11.7. The smallest absolute Gasteiger partial charge is 0.0947 e. The monoisotopic (exact) mass is 297 g/mol. The van der Waals surface area contributed by atoms with Crippen molar-refractivity contribution in [1.29, 1.82) is 0 Å². The van der Waals surface area contributed by atoms with E-state index in [-0.39, 0.29) is 12.1 Å². The van der Waals surface area contributed by atoms with Gasteiger partial charge >= 0.3 is 0 Å². The molecule has 92 valence electrons. The van der Waals surface area contributed by atoms with Crippen LogP contribution < -0.4 is 5.73 Å². The Bertz CT molecular complexity index is 514. The maximum atomic E-state index is 6.25. The third kappa shape index (κ3) is 2.28. The Hall–Kier alpha value is -1.14. The molecule has 0 aliphatic carbocycles. The first-order valence-electron chi connectivity index (χ1n) is 5.47. The summed E-state index contributed by atoms with van der Waals surface area (Å²) in [6.07, 6.45) is 5.45. The van der Waals surface area contributed by atoms with Gasteiger partial charge in [-0.15, -0.1) is 0 Å². The van der Waals surface area contributed by atoms with E-state index in [4.69, 9.17) is 5.73 Å². The van der Waals surface area contributed by atoms with Crippen molar-refractivity contribution >= 4 is 15.9 Å². The summed E-state index contributed by atoms with van der Waals surface area (Å²) in [7, 11) is 1.93. The van der Waals surface area contributed by atoms with Gasteiger partial charge in [0.15, 0.2) is 0 Å². The highest BCUT2D eigenvalue weighted by molar-refractivity contribution is 9.10. The fourth-order valence-electron chi connectivity index (χ4n) is 1.79. The van der Waals surface area contributed by atoms with Crippen molar-refractivity contribution < 1.29 is 0 Å².